The van der Waals surface area contributed by atoms with Gasteiger partial charge in [-0.25, -0.2) is 4.79 Å². The number of methoxy groups -OCH3 is 1. The maximum Gasteiger partial charge on any atom is 0.341 e. The smallest absolute Gasteiger partial charge is 0.341 e. The van der Waals surface area contributed by atoms with Crippen molar-refractivity contribution in [1.82, 2.24) is 10.2 Å². The number of ether oxygens (including phenoxy) is 1. The van der Waals surface area contributed by atoms with Crippen LogP contribution in [-0.4, -0.2) is 33.5 Å². The average molecular weight is 261 g/mol. The van der Waals surface area contributed by atoms with E-state index in [4.69, 9.17) is 14.9 Å². The number of hydrogen-bond acceptors (Lipinski definition) is 6. The first kappa shape index (κ1) is 12.6. The van der Waals surface area contributed by atoms with Crippen molar-refractivity contribution in [3.8, 4) is 11.6 Å². The molecule has 1 aromatic heterocycles. The van der Waals surface area contributed by atoms with Gasteiger partial charge in [-0.2, -0.15) is 0 Å². The van der Waals surface area contributed by atoms with Crippen LogP contribution in [0.2, 0.25) is 0 Å². The number of anilines is 2. The lowest BCUT2D eigenvalue weighted by Gasteiger charge is -2.07. The van der Waals surface area contributed by atoms with Crippen LogP contribution in [0.3, 0.4) is 0 Å². The van der Waals surface area contributed by atoms with Gasteiger partial charge in [0.1, 0.15) is 11.3 Å². The monoisotopic (exact) mass is 261 g/mol. The predicted molar refractivity (Wildman–Crippen MR) is 66.9 cm³/mol. The molecule has 0 aliphatic rings. The van der Waals surface area contributed by atoms with E-state index in [1.165, 1.54) is 25.3 Å². The molecule has 19 heavy (non-hydrogen) atoms. The van der Waals surface area contributed by atoms with Gasteiger partial charge in [-0.05, 0) is 24.3 Å². The molecule has 0 saturated carbocycles. The number of benzene rings is 1. The molecule has 0 spiro atoms. The van der Waals surface area contributed by atoms with Crippen LogP contribution in [0.25, 0.3) is 0 Å². The number of aromatic hydroxyl groups is 1. The van der Waals surface area contributed by atoms with Crippen molar-refractivity contribution in [2.24, 2.45) is 0 Å². The van der Waals surface area contributed by atoms with Gasteiger partial charge in [-0.1, -0.05) is 0 Å². The van der Waals surface area contributed by atoms with Gasteiger partial charge < -0.3 is 20.3 Å². The fourth-order valence-corrected chi connectivity index (χ4v) is 1.44. The summed E-state index contributed by atoms with van der Waals surface area (Å²) < 4.78 is 4.81. The molecule has 3 N–H and O–H groups in total. The highest BCUT2D eigenvalue weighted by Gasteiger charge is 2.14. The number of rotatable bonds is 4. The number of phenols is 1. The van der Waals surface area contributed by atoms with E-state index in [1.54, 1.807) is 12.1 Å². The number of carboxylic acids is 1. The molecule has 1 heterocycles. The first-order valence-corrected chi connectivity index (χ1v) is 5.31. The minimum Gasteiger partial charge on any atom is -0.508 e. The Labute approximate surface area is 108 Å². The van der Waals surface area contributed by atoms with Gasteiger partial charge in [0, 0.05) is 11.8 Å². The van der Waals surface area contributed by atoms with E-state index in [-0.39, 0.29) is 23.0 Å². The summed E-state index contributed by atoms with van der Waals surface area (Å²) in [5.74, 6) is -0.800. The summed E-state index contributed by atoms with van der Waals surface area (Å²) in [5.41, 5.74) is 0.562. The Morgan fingerprint density at radius 2 is 1.95 bits per heavy atom. The molecule has 0 aliphatic carbocycles. The Balaban J connectivity index is 2.28. The van der Waals surface area contributed by atoms with Gasteiger partial charge in [0.15, 0.2) is 5.82 Å². The van der Waals surface area contributed by atoms with Crippen LogP contribution in [0.4, 0.5) is 11.5 Å². The van der Waals surface area contributed by atoms with Crippen LogP contribution >= 0.6 is 0 Å². The number of carbonyl (C=O) groups is 1. The van der Waals surface area contributed by atoms with Crippen molar-refractivity contribution in [2.45, 2.75) is 0 Å². The SMILES string of the molecule is COc1nnc(Nc2ccc(O)cc2)cc1C(=O)O. The van der Waals surface area contributed by atoms with Crippen LogP contribution < -0.4 is 10.1 Å². The molecule has 2 rings (SSSR count). The van der Waals surface area contributed by atoms with E-state index in [1.807, 2.05) is 0 Å². The third-order valence-electron chi connectivity index (χ3n) is 2.32. The maximum atomic E-state index is 11.0. The van der Waals surface area contributed by atoms with E-state index in [9.17, 15) is 4.79 Å². The third kappa shape index (κ3) is 2.89. The zero-order valence-electron chi connectivity index (χ0n) is 9.99. The summed E-state index contributed by atoms with van der Waals surface area (Å²) in [5, 5.41) is 28.5. The number of carboxylic acid groups (broad SMARTS) is 1. The highest BCUT2D eigenvalue weighted by Crippen LogP contribution is 2.21. The van der Waals surface area contributed by atoms with Crippen LogP contribution in [0, 0.1) is 0 Å². The van der Waals surface area contributed by atoms with Crippen molar-refractivity contribution in [2.75, 3.05) is 12.4 Å². The second-order valence-electron chi connectivity index (χ2n) is 3.63. The summed E-state index contributed by atoms with van der Waals surface area (Å²) >= 11 is 0. The lowest BCUT2D eigenvalue weighted by Crippen LogP contribution is -2.06. The van der Waals surface area contributed by atoms with E-state index in [2.05, 4.69) is 15.5 Å². The van der Waals surface area contributed by atoms with Gasteiger partial charge in [-0.3, -0.25) is 0 Å². The molecule has 0 saturated heterocycles. The van der Waals surface area contributed by atoms with Gasteiger partial charge in [0.2, 0.25) is 5.88 Å². The standard InChI is InChI=1S/C12H11N3O4/c1-19-11-9(12(17)18)6-10(14-15-11)13-7-2-4-8(16)5-3-7/h2-6,16H,1H3,(H,13,14)(H,17,18). The lowest BCUT2D eigenvalue weighted by molar-refractivity contribution is 0.0692. The summed E-state index contributed by atoms with van der Waals surface area (Å²) in [7, 11) is 1.32. The molecule has 0 atom stereocenters. The molecule has 1 aromatic carbocycles. The summed E-state index contributed by atoms with van der Waals surface area (Å²) in [6.45, 7) is 0. The molecule has 7 heteroatoms. The Bertz CT molecular complexity index is 598. The first-order chi connectivity index (χ1) is 9.10. The zero-order valence-corrected chi connectivity index (χ0v) is 9.99. The zero-order chi connectivity index (χ0) is 13.8. The predicted octanol–water partition coefficient (Wildman–Crippen LogP) is 1.63. The van der Waals surface area contributed by atoms with Gasteiger partial charge in [0.25, 0.3) is 0 Å². The van der Waals surface area contributed by atoms with E-state index in [0.29, 0.717) is 5.69 Å². The van der Waals surface area contributed by atoms with E-state index in [0.717, 1.165) is 0 Å². The molecule has 7 nitrogen and oxygen atoms in total. The van der Waals surface area contributed by atoms with Crippen LogP contribution in [0.1, 0.15) is 10.4 Å². The number of nitrogens with zero attached hydrogens (tertiary/aromatic N) is 2. The number of nitrogens with one attached hydrogen (secondary N) is 1. The minimum absolute atomic E-state index is 0.0521. The molecule has 0 unspecified atom stereocenters. The van der Waals surface area contributed by atoms with Crippen molar-refractivity contribution >= 4 is 17.5 Å². The molecule has 0 radical (unpaired) electrons. The highest BCUT2D eigenvalue weighted by atomic mass is 16.5. The van der Waals surface area contributed by atoms with Crippen LogP contribution in [-0.2, 0) is 0 Å². The molecule has 0 aliphatic heterocycles. The number of hydrogen-bond donors (Lipinski definition) is 3. The fourth-order valence-electron chi connectivity index (χ4n) is 1.44. The highest BCUT2D eigenvalue weighted by molar-refractivity contribution is 5.91. The Hall–Kier alpha value is -2.83. The summed E-state index contributed by atoms with van der Waals surface area (Å²) in [4.78, 5) is 11.0. The quantitative estimate of drug-likeness (QED) is 0.718. The Kier molecular flexibility index (Phi) is 3.46. The molecule has 2 aromatic rings. The summed E-state index contributed by atoms with van der Waals surface area (Å²) in [6, 6.07) is 7.57. The topological polar surface area (TPSA) is 105 Å². The summed E-state index contributed by atoms with van der Waals surface area (Å²) in [6.07, 6.45) is 0. The molecule has 0 amide bonds. The van der Waals surface area contributed by atoms with Crippen molar-refractivity contribution in [3.05, 3.63) is 35.9 Å². The average Bonchev–Trinajstić information content (AvgIpc) is 2.41. The Morgan fingerprint density at radius 1 is 1.26 bits per heavy atom. The first-order valence-electron chi connectivity index (χ1n) is 5.31. The number of aromatic carboxylic acids is 1. The number of phenolic OH excluding ortho intramolecular Hbond substituents is 1. The molecule has 0 fully saturated rings. The molecular weight excluding hydrogens is 250 g/mol. The van der Waals surface area contributed by atoms with Gasteiger partial charge in [-0.15, -0.1) is 10.2 Å². The number of aromatic nitrogens is 2. The normalized spacial score (nSPS) is 9.95. The fraction of sp³-hybridized carbons (Fsp3) is 0.0833. The molecular formula is C12H11N3O4. The molecule has 0 bridgehead atoms. The van der Waals surface area contributed by atoms with E-state index < -0.39 is 5.97 Å². The minimum atomic E-state index is -1.15. The van der Waals surface area contributed by atoms with Gasteiger partial charge >= 0.3 is 5.97 Å². The second-order valence-corrected chi connectivity index (χ2v) is 3.63. The van der Waals surface area contributed by atoms with Crippen LogP contribution in [0.5, 0.6) is 11.6 Å². The maximum absolute atomic E-state index is 11.0. The lowest BCUT2D eigenvalue weighted by atomic mass is 10.2. The van der Waals surface area contributed by atoms with Crippen molar-refractivity contribution in [3.63, 3.8) is 0 Å². The van der Waals surface area contributed by atoms with Gasteiger partial charge in [0.05, 0.1) is 7.11 Å². The van der Waals surface area contributed by atoms with E-state index >= 15 is 0 Å². The second kappa shape index (κ2) is 5.21. The molecule has 98 valence electrons. The largest absolute Gasteiger partial charge is 0.508 e. The van der Waals surface area contributed by atoms with Crippen molar-refractivity contribution < 1.29 is 19.7 Å². The Morgan fingerprint density at radius 3 is 2.53 bits per heavy atom. The van der Waals surface area contributed by atoms with Crippen molar-refractivity contribution in [1.29, 1.82) is 0 Å². The van der Waals surface area contributed by atoms with Crippen LogP contribution in [0.15, 0.2) is 30.3 Å². The third-order valence-corrected chi connectivity index (χ3v) is 2.32.